The Morgan fingerprint density at radius 1 is 0.358 bits per heavy atom. The third-order valence-corrected chi connectivity index (χ3v) is 13.7. The zero-order valence-electron chi connectivity index (χ0n) is 39.8. The van der Waals surface area contributed by atoms with Crippen molar-refractivity contribution in [1.82, 2.24) is 9.13 Å². The van der Waals surface area contributed by atoms with E-state index in [1.807, 2.05) is 6.08 Å². The Hall–Kier alpha value is -6.84. The lowest BCUT2D eigenvalue weighted by Gasteiger charge is -2.26. The highest BCUT2D eigenvalue weighted by Gasteiger charge is 2.14. The predicted molar refractivity (Wildman–Crippen MR) is 295 cm³/mol. The number of para-hydroxylation sites is 2. The van der Waals surface area contributed by atoms with Crippen molar-refractivity contribution in [2.24, 2.45) is 0 Å². The zero-order chi connectivity index (χ0) is 45.8. The Balaban J connectivity index is 0.917. The first-order valence-corrected chi connectivity index (χ1v) is 25.2. The van der Waals surface area contributed by atoms with Gasteiger partial charge in [0.15, 0.2) is 0 Å². The van der Waals surface area contributed by atoms with E-state index in [2.05, 4.69) is 216 Å². The number of unbranched alkanes of at least 4 members (excludes halogenated alkanes) is 10. The standard InChI is InChI=1S/C64H67N3/c1-4-7-9-11-13-19-45-65-61-23-17-15-21-57(61)59-47-52(35-43-63(59)65)27-25-50-31-39-55(40-32-50)67(54-37-29-49(6-3)30-38-54)56-41-33-51(34-42-56)26-28-53-36-44-64-60(48-53)58-22-16-18-24-62(58)66(64)46-20-14-12-10-8-5-2/h6,15-18,21-44,47-48H,3-5,7-14,19-20,45-46H2,1-2H3/b27-25+,28-26+. The maximum absolute atomic E-state index is 3.99. The van der Waals surface area contributed by atoms with Gasteiger partial charge in [-0.2, -0.15) is 0 Å². The summed E-state index contributed by atoms with van der Waals surface area (Å²) < 4.78 is 5.08. The normalized spacial score (nSPS) is 11.9. The minimum absolute atomic E-state index is 1.07. The summed E-state index contributed by atoms with van der Waals surface area (Å²) >= 11 is 0. The van der Waals surface area contributed by atoms with Crippen LogP contribution in [0.5, 0.6) is 0 Å². The third kappa shape index (κ3) is 10.6. The molecule has 0 amide bonds. The van der Waals surface area contributed by atoms with Gasteiger partial charge in [0.05, 0.1) is 0 Å². The van der Waals surface area contributed by atoms with Crippen LogP contribution in [0.3, 0.4) is 0 Å². The van der Waals surface area contributed by atoms with Crippen LogP contribution in [-0.2, 0) is 13.1 Å². The Bertz CT molecular complexity index is 2910. The summed E-state index contributed by atoms with van der Waals surface area (Å²) in [6.45, 7) is 10.7. The minimum atomic E-state index is 1.07. The predicted octanol–water partition coefficient (Wildman–Crippen LogP) is 19.1. The molecule has 2 aromatic heterocycles. The minimum Gasteiger partial charge on any atom is -0.340 e. The van der Waals surface area contributed by atoms with Gasteiger partial charge in [0.1, 0.15) is 0 Å². The summed E-state index contributed by atoms with van der Waals surface area (Å²) in [6, 6.07) is 58.2. The molecule has 9 aromatic rings. The number of fused-ring (bicyclic) bond motifs is 6. The second kappa shape index (κ2) is 22.1. The molecule has 0 aliphatic carbocycles. The molecule has 0 fully saturated rings. The quantitative estimate of drug-likeness (QED) is 0.0488. The highest BCUT2D eigenvalue weighted by Crippen LogP contribution is 2.37. The number of benzene rings is 7. The molecule has 0 saturated heterocycles. The fourth-order valence-electron chi connectivity index (χ4n) is 9.99. The van der Waals surface area contributed by atoms with Gasteiger partial charge in [-0.1, -0.05) is 200 Å². The van der Waals surface area contributed by atoms with Crippen molar-refractivity contribution in [2.45, 2.75) is 104 Å². The average Bonchev–Trinajstić information content (AvgIpc) is 3.86. The van der Waals surface area contributed by atoms with E-state index in [-0.39, 0.29) is 0 Å². The molecule has 0 aliphatic heterocycles. The molecule has 9 rings (SSSR count). The molecule has 3 heteroatoms. The van der Waals surface area contributed by atoms with E-state index in [9.17, 15) is 0 Å². The monoisotopic (exact) mass is 878 g/mol. The number of hydrogen-bond acceptors (Lipinski definition) is 1. The second-order valence-corrected chi connectivity index (χ2v) is 18.4. The molecule has 0 atom stereocenters. The number of anilines is 3. The number of rotatable bonds is 22. The highest BCUT2D eigenvalue weighted by molar-refractivity contribution is 6.10. The molecular formula is C64H67N3. The van der Waals surface area contributed by atoms with Gasteiger partial charge in [0.25, 0.3) is 0 Å². The van der Waals surface area contributed by atoms with Gasteiger partial charge in [0, 0.05) is 73.8 Å². The van der Waals surface area contributed by atoms with Crippen LogP contribution >= 0.6 is 0 Å². The molecule has 0 unspecified atom stereocenters. The van der Waals surface area contributed by atoms with Crippen molar-refractivity contribution >= 4 is 91.1 Å². The van der Waals surface area contributed by atoms with Crippen LogP contribution in [0.2, 0.25) is 0 Å². The van der Waals surface area contributed by atoms with E-state index >= 15 is 0 Å². The number of aromatic nitrogens is 2. The number of aryl methyl sites for hydroxylation is 2. The van der Waals surface area contributed by atoms with E-state index in [0.29, 0.717) is 0 Å². The third-order valence-electron chi connectivity index (χ3n) is 13.7. The zero-order valence-corrected chi connectivity index (χ0v) is 39.8. The van der Waals surface area contributed by atoms with Crippen LogP contribution in [-0.4, -0.2) is 9.13 Å². The van der Waals surface area contributed by atoms with Crippen molar-refractivity contribution in [3.05, 3.63) is 192 Å². The van der Waals surface area contributed by atoms with Crippen LogP contribution in [0, 0.1) is 0 Å². The van der Waals surface area contributed by atoms with Crippen LogP contribution in [0.4, 0.5) is 17.1 Å². The van der Waals surface area contributed by atoms with Crippen molar-refractivity contribution in [2.75, 3.05) is 4.90 Å². The number of hydrogen-bond donors (Lipinski definition) is 0. The summed E-state index contributed by atoms with van der Waals surface area (Å²) in [5.41, 5.74) is 14.5. The van der Waals surface area contributed by atoms with E-state index in [0.717, 1.165) is 46.8 Å². The Morgan fingerprint density at radius 2 is 0.701 bits per heavy atom. The molecule has 0 spiro atoms. The first-order chi connectivity index (χ1) is 33.1. The van der Waals surface area contributed by atoms with E-state index < -0.39 is 0 Å². The summed E-state index contributed by atoms with van der Waals surface area (Å²) in [6.07, 6.45) is 26.5. The lowest BCUT2D eigenvalue weighted by atomic mass is 10.1. The molecule has 0 N–H and O–H groups in total. The Kier molecular flexibility index (Phi) is 14.9. The SMILES string of the molecule is C=Cc1ccc(N(c2ccc(/C=C/c3ccc4c(c3)c3ccccc3n4CCCCCCCC)cc2)c2ccc(/C=C/c3ccc4c(c3)c3ccccc3n4CCCCCCCC)cc2)cc1. The van der Waals surface area contributed by atoms with Crippen molar-refractivity contribution < 1.29 is 0 Å². The summed E-state index contributed by atoms with van der Waals surface area (Å²) in [4.78, 5) is 2.33. The fourth-order valence-corrected chi connectivity index (χ4v) is 9.99. The van der Waals surface area contributed by atoms with Crippen LogP contribution in [0.1, 0.15) is 119 Å². The number of nitrogens with zero attached hydrogens (tertiary/aromatic N) is 3. The van der Waals surface area contributed by atoms with Crippen molar-refractivity contribution in [1.29, 1.82) is 0 Å². The van der Waals surface area contributed by atoms with Crippen molar-refractivity contribution in [3.63, 3.8) is 0 Å². The van der Waals surface area contributed by atoms with Gasteiger partial charge < -0.3 is 14.0 Å². The molecule has 0 bridgehead atoms. The molecule has 7 aromatic carbocycles. The Morgan fingerprint density at radius 3 is 1.12 bits per heavy atom. The topological polar surface area (TPSA) is 13.1 Å². The molecule has 338 valence electrons. The highest BCUT2D eigenvalue weighted by atomic mass is 15.1. The summed E-state index contributed by atoms with van der Waals surface area (Å²) in [5, 5.41) is 5.34. The van der Waals surface area contributed by atoms with Crippen molar-refractivity contribution in [3.8, 4) is 0 Å². The molecular weight excluding hydrogens is 811 g/mol. The van der Waals surface area contributed by atoms with Crippen LogP contribution < -0.4 is 4.90 Å². The lowest BCUT2D eigenvalue weighted by molar-refractivity contribution is 0.571. The largest absolute Gasteiger partial charge is 0.340 e. The molecule has 2 heterocycles. The smallest absolute Gasteiger partial charge is 0.0491 e. The lowest BCUT2D eigenvalue weighted by Crippen LogP contribution is -2.09. The molecule has 3 nitrogen and oxygen atoms in total. The van der Waals surface area contributed by atoms with E-state index in [1.165, 1.54) is 132 Å². The first kappa shape index (κ1) is 45.3. The first-order valence-electron chi connectivity index (χ1n) is 25.2. The van der Waals surface area contributed by atoms with Crippen LogP contribution in [0.25, 0.3) is 74.0 Å². The van der Waals surface area contributed by atoms with Gasteiger partial charge >= 0.3 is 0 Å². The fraction of sp³-hybridized carbons (Fsp3) is 0.250. The molecule has 0 aliphatic rings. The molecule has 0 radical (unpaired) electrons. The molecule has 0 saturated carbocycles. The van der Waals surface area contributed by atoms with Gasteiger partial charge in [-0.3, -0.25) is 0 Å². The Labute approximate surface area is 399 Å². The van der Waals surface area contributed by atoms with Gasteiger partial charge in [-0.25, -0.2) is 0 Å². The van der Waals surface area contributed by atoms with E-state index in [4.69, 9.17) is 0 Å². The van der Waals surface area contributed by atoms with Gasteiger partial charge in [-0.05, 0) is 113 Å². The maximum Gasteiger partial charge on any atom is 0.0491 e. The molecule has 67 heavy (non-hydrogen) atoms. The van der Waals surface area contributed by atoms with E-state index in [1.54, 1.807) is 0 Å². The van der Waals surface area contributed by atoms with Crippen LogP contribution in [0.15, 0.2) is 164 Å². The second-order valence-electron chi connectivity index (χ2n) is 18.4. The van der Waals surface area contributed by atoms with Gasteiger partial charge in [0.2, 0.25) is 0 Å². The summed E-state index contributed by atoms with van der Waals surface area (Å²) in [5.74, 6) is 0. The van der Waals surface area contributed by atoms with Gasteiger partial charge in [-0.15, -0.1) is 0 Å². The maximum atomic E-state index is 3.99. The average molecular weight is 878 g/mol. The summed E-state index contributed by atoms with van der Waals surface area (Å²) in [7, 11) is 0.